The van der Waals surface area contributed by atoms with E-state index in [1.807, 2.05) is 13.1 Å². The number of hydrogen-bond donors (Lipinski definition) is 1. The fraction of sp³-hybridized carbons (Fsp3) is 0.389. The predicted octanol–water partition coefficient (Wildman–Crippen LogP) is 2.60. The zero-order valence-electron chi connectivity index (χ0n) is 12.5. The largest absolute Gasteiger partial charge is 0.315 e. The molecule has 1 aromatic carbocycles. The maximum Gasteiger partial charge on any atom is 0.250 e. The molecule has 0 bridgehead atoms. The SMILES string of the molecule is Cn1c2c(ccc1=O)C(NCCc1ccccc1)CCC2. The number of aromatic nitrogens is 1. The first-order valence-corrected chi connectivity index (χ1v) is 7.72. The van der Waals surface area contributed by atoms with Crippen LogP contribution in [-0.2, 0) is 19.9 Å². The topological polar surface area (TPSA) is 34.0 Å². The maximum absolute atomic E-state index is 11.7. The second kappa shape index (κ2) is 6.27. The normalized spacial score (nSPS) is 17.5. The second-order valence-corrected chi connectivity index (χ2v) is 5.77. The number of nitrogens with zero attached hydrogens (tertiary/aromatic N) is 1. The Morgan fingerprint density at radius 3 is 2.81 bits per heavy atom. The molecule has 0 fully saturated rings. The van der Waals surface area contributed by atoms with Gasteiger partial charge in [-0.3, -0.25) is 4.79 Å². The van der Waals surface area contributed by atoms with Gasteiger partial charge in [0.1, 0.15) is 0 Å². The molecule has 1 N–H and O–H groups in total. The van der Waals surface area contributed by atoms with Gasteiger partial charge in [-0.1, -0.05) is 36.4 Å². The molecule has 2 aromatic rings. The van der Waals surface area contributed by atoms with E-state index in [1.54, 1.807) is 10.6 Å². The van der Waals surface area contributed by atoms with Crippen LogP contribution in [0.3, 0.4) is 0 Å². The molecule has 0 radical (unpaired) electrons. The van der Waals surface area contributed by atoms with Gasteiger partial charge in [0.25, 0.3) is 0 Å². The summed E-state index contributed by atoms with van der Waals surface area (Å²) < 4.78 is 1.81. The smallest absolute Gasteiger partial charge is 0.250 e. The number of pyridine rings is 1. The minimum Gasteiger partial charge on any atom is -0.315 e. The fourth-order valence-corrected chi connectivity index (χ4v) is 3.20. The van der Waals surface area contributed by atoms with Crippen molar-refractivity contribution in [2.45, 2.75) is 31.7 Å². The standard InChI is InChI=1S/C18H22N2O/c1-20-17-9-5-8-16(15(17)10-11-18(20)21)19-13-12-14-6-3-2-4-7-14/h2-4,6-7,10-11,16,19H,5,8-9,12-13H2,1H3. The molecule has 1 heterocycles. The first-order valence-electron chi connectivity index (χ1n) is 7.72. The van der Waals surface area contributed by atoms with Gasteiger partial charge in [0.15, 0.2) is 0 Å². The lowest BCUT2D eigenvalue weighted by atomic mass is 9.91. The summed E-state index contributed by atoms with van der Waals surface area (Å²) in [7, 11) is 1.88. The molecule has 3 nitrogen and oxygen atoms in total. The van der Waals surface area contributed by atoms with E-state index in [4.69, 9.17) is 0 Å². The molecule has 1 atom stereocenters. The first kappa shape index (κ1) is 14.1. The quantitative estimate of drug-likeness (QED) is 0.935. The predicted molar refractivity (Wildman–Crippen MR) is 85.5 cm³/mol. The van der Waals surface area contributed by atoms with Crippen LogP contribution < -0.4 is 10.9 Å². The van der Waals surface area contributed by atoms with Gasteiger partial charge in [-0.25, -0.2) is 0 Å². The van der Waals surface area contributed by atoms with Crippen molar-refractivity contribution >= 4 is 0 Å². The lowest BCUT2D eigenvalue weighted by Gasteiger charge is -2.27. The van der Waals surface area contributed by atoms with Crippen LogP contribution in [0.15, 0.2) is 47.3 Å². The Morgan fingerprint density at radius 1 is 1.19 bits per heavy atom. The van der Waals surface area contributed by atoms with E-state index in [0.29, 0.717) is 6.04 Å². The van der Waals surface area contributed by atoms with E-state index in [-0.39, 0.29) is 5.56 Å². The highest BCUT2D eigenvalue weighted by atomic mass is 16.1. The molecule has 1 aliphatic rings. The summed E-state index contributed by atoms with van der Waals surface area (Å²) in [6.07, 6.45) is 4.35. The Morgan fingerprint density at radius 2 is 2.00 bits per heavy atom. The number of benzene rings is 1. The van der Waals surface area contributed by atoms with Gasteiger partial charge in [0, 0.05) is 24.8 Å². The summed E-state index contributed by atoms with van der Waals surface area (Å²) in [5.41, 5.74) is 3.96. The molecule has 110 valence electrons. The summed E-state index contributed by atoms with van der Waals surface area (Å²) >= 11 is 0. The van der Waals surface area contributed by atoms with E-state index >= 15 is 0 Å². The molecule has 0 saturated heterocycles. The maximum atomic E-state index is 11.7. The van der Waals surface area contributed by atoms with Crippen molar-refractivity contribution in [3.05, 3.63) is 69.6 Å². The van der Waals surface area contributed by atoms with Crippen LogP contribution in [0.2, 0.25) is 0 Å². The average molecular weight is 282 g/mol. The second-order valence-electron chi connectivity index (χ2n) is 5.77. The highest BCUT2D eigenvalue weighted by Gasteiger charge is 2.21. The van der Waals surface area contributed by atoms with Crippen LogP contribution in [0.4, 0.5) is 0 Å². The van der Waals surface area contributed by atoms with Crippen LogP contribution in [0.25, 0.3) is 0 Å². The summed E-state index contributed by atoms with van der Waals surface area (Å²) in [5.74, 6) is 0. The van der Waals surface area contributed by atoms with Crippen LogP contribution in [0.5, 0.6) is 0 Å². The molecule has 3 heteroatoms. The van der Waals surface area contributed by atoms with E-state index in [9.17, 15) is 4.79 Å². The Hall–Kier alpha value is -1.87. The Kier molecular flexibility index (Phi) is 4.20. The number of hydrogen-bond acceptors (Lipinski definition) is 2. The molecule has 3 rings (SSSR count). The van der Waals surface area contributed by atoms with E-state index < -0.39 is 0 Å². The van der Waals surface area contributed by atoms with Crippen molar-refractivity contribution in [1.29, 1.82) is 0 Å². The molecular formula is C18H22N2O. The van der Waals surface area contributed by atoms with Crippen molar-refractivity contribution in [3.8, 4) is 0 Å². The van der Waals surface area contributed by atoms with Crippen molar-refractivity contribution in [2.75, 3.05) is 6.54 Å². The van der Waals surface area contributed by atoms with E-state index in [0.717, 1.165) is 32.2 Å². The lowest BCUT2D eigenvalue weighted by Crippen LogP contribution is -2.31. The molecule has 0 amide bonds. The fourth-order valence-electron chi connectivity index (χ4n) is 3.20. The van der Waals surface area contributed by atoms with Gasteiger partial charge >= 0.3 is 0 Å². The first-order chi connectivity index (χ1) is 10.3. The molecule has 0 aliphatic heterocycles. The van der Waals surface area contributed by atoms with Crippen LogP contribution in [0.1, 0.15) is 35.7 Å². The summed E-state index contributed by atoms with van der Waals surface area (Å²) in [4.78, 5) is 11.7. The van der Waals surface area contributed by atoms with Crippen LogP contribution >= 0.6 is 0 Å². The van der Waals surface area contributed by atoms with Gasteiger partial charge < -0.3 is 9.88 Å². The highest BCUT2D eigenvalue weighted by Crippen LogP contribution is 2.28. The van der Waals surface area contributed by atoms with Gasteiger partial charge in [-0.15, -0.1) is 0 Å². The van der Waals surface area contributed by atoms with E-state index in [1.165, 1.54) is 16.8 Å². The Bertz CT molecular complexity index is 661. The lowest BCUT2D eigenvalue weighted by molar-refractivity contribution is 0.449. The molecule has 0 saturated carbocycles. The zero-order chi connectivity index (χ0) is 14.7. The Labute approximate surface area is 125 Å². The van der Waals surface area contributed by atoms with Crippen LogP contribution in [0, 0.1) is 0 Å². The van der Waals surface area contributed by atoms with Crippen LogP contribution in [-0.4, -0.2) is 11.1 Å². The molecular weight excluding hydrogens is 260 g/mol. The molecule has 1 aliphatic carbocycles. The van der Waals surface area contributed by atoms with Gasteiger partial charge in [-0.2, -0.15) is 0 Å². The monoisotopic (exact) mass is 282 g/mol. The van der Waals surface area contributed by atoms with Crippen molar-refractivity contribution < 1.29 is 0 Å². The van der Waals surface area contributed by atoms with Gasteiger partial charge in [0.2, 0.25) is 5.56 Å². The van der Waals surface area contributed by atoms with E-state index in [2.05, 4.69) is 35.6 Å². The minimum absolute atomic E-state index is 0.0960. The molecule has 1 unspecified atom stereocenters. The molecule has 21 heavy (non-hydrogen) atoms. The summed E-state index contributed by atoms with van der Waals surface area (Å²) in [5, 5.41) is 3.66. The van der Waals surface area contributed by atoms with Crippen molar-refractivity contribution in [3.63, 3.8) is 0 Å². The number of rotatable bonds is 4. The third-order valence-corrected chi connectivity index (χ3v) is 4.40. The number of nitrogens with one attached hydrogen (secondary N) is 1. The number of fused-ring (bicyclic) bond motifs is 1. The van der Waals surface area contributed by atoms with Gasteiger partial charge in [0.05, 0.1) is 0 Å². The van der Waals surface area contributed by atoms with Crippen molar-refractivity contribution in [1.82, 2.24) is 9.88 Å². The summed E-state index contributed by atoms with van der Waals surface area (Å²) in [6.45, 7) is 0.969. The third-order valence-electron chi connectivity index (χ3n) is 4.40. The average Bonchev–Trinajstić information content (AvgIpc) is 2.52. The third kappa shape index (κ3) is 3.08. The highest BCUT2D eigenvalue weighted by molar-refractivity contribution is 5.27. The minimum atomic E-state index is 0.0960. The zero-order valence-corrected chi connectivity index (χ0v) is 12.5. The van der Waals surface area contributed by atoms with Crippen molar-refractivity contribution in [2.24, 2.45) is 7.05 Å². The molecule has 0 spiro atoms. The summed E-state index contributed by atoms with van der Waals surface area (Å²) in [6, 6.07) is 14.6. The van der Waals surface area contributed by atoms with Gasteiger partial charge in [-0.05, 0) is 43.4 Å². The molecule has 1 aromatic heterocycles. The Balaban J connectivity index is 1.68.